The van der Waals surface area contributed by atoms with Gasteiger partial charge in [-0.05, 0) is 29.8 Å². The van der Waals surface area contributed by atoms with Gasteiger partial charge >= 0.3 is 6.03 Å². The smallest absolute Gasteiger partial charge is 0.315 e. The molecule has 0 atom stereocenters. The molecule has 25 heavy (non-hydrogen) atoms. The molecule has 0 bridgehead atoms. The molecule has 0 aromatic heterocycles. The van der Waals surface area contributed by atoms with Gasteiger partial charge in [0.1, 0.15) is 11.6 Å². The summed E-state index contributed by atoms with van der Waals surface area (Å²) in [4.78, 5) is 23.5. The first-order valence-corrected chi connectivity index (χ1v) is 7.75. The van der Waals surface area contributed by atoms with Crippen LogP contribution in [0.2, 0.25) is 5.02 Å². The third-order valence-corrected chi connectivity index (χ3v) is 3.54. The zero-order valence-corrected chi connectivity index (χ0v) is 14.2. The number of urea groups is 1. The van der Waals surface area contributed by atoms with E-state index in [1.807, 2.05) is 0 Å². The topological polar surface area (TPSA) is 79.5 Å². The molecule has 0 saturated heterocycles. The van der Waals surface area contributed by atoms with Crippen molar-refractivity contribution < 1.29 is 18.7 Å². The third kappa shape index (κ3) is 5.96. The van der Waals surface area contributed by atoms with Crippen molar-refractivity contribution in [3.8, 4) is 5.75 Å². The van der Waals surface area contributed by atoms with Crippen LogP contribution in [0.3, 0.4) is 0 Å². The second kappa shape index (κ2) is 8.89. The lowest BCUT2D eigenvalue weighted by Crippen LogP contribution is -2.39. The van der Waals surface area contributed by atoms with Crippen LogP contribution in [0, 0.1) is 5.82 Å². The van der Waals surface area contributed by atoms with Crippen LogP contribution in [-0.2, 0) is 11.3 Å². The monoisotopic (exact) mass is 365 g/mol. The van der Waals surface area contributed by atoms with Gasteiger partial charge in [-0.1, -0.05) is 23.7 Å². The van der Waals surface area contributed by atoms with Crippen LogP contribution in [0.5, 0.6) is 5.75 Å². The van der Waals surface area contributed by atoms with Crippen LogP contribution in [-0.4, -0.2) is 25.6 Å². The van der Waals surface area contributed by atoms with Gasteiger partial charge in [-0.25, -0.2) is 9.18 Å². The summed E-state index contributed by atoms with van der Waals surface area (Å²) >= 11 is 6.02. The number of benzene rings is 2. The van der Waals surface area contributed by atoms with E-state index in [-0.39, 0.29) is 18.9 Å². The van der Waals surface area contributed by atoms with Crippen LogP contribution in [0.1, 0.15) is 5.56 Å². The second-order valence-electron chi connectivity index (χ2n) is 5.06. The van der Waals surface area contributed by atoms with E-state index in [0.29, 0.717) is 16.5 Å². The van der Waals surface area contributed by atoms with E-state index in [0.717, 1.165) is 5.56 Å². The van der Waals surface area contributed by atoms with Crippen LogP contribution in [0.4, 0.5) is 14.9 Å². The molecule has 0 radical (unpaired) electrons. The van der Waals surface area contributed by atoms with E-state index in [2.05, 4.69) is 16.0 Å². The van der Waals surface area contributed by atoms with Crippen LogP contribution in [0.15, 0.2) is 42.5 Å². The van der Waals surface area contributed by atoms with Crippen molar-refractivity contribution in [2.45, 2.75) is 6.54 Å². The highest BCUT2D eigenvalue weighted by Crippen LogP contribution is 2.26. The third-order valence-electron chi connectivity index (χ3n) is 3.23. The van der Waals surface area contributed by atoms with E-state index in [9.17, 15) is 14.0 Å². The van der Waals surface area contributed by atoms with Crippen molar-refractivity contribution in [2.75, 3.05) is 19.0 Å². The van der Waals surface area contributed by atoms with E-state index < -0.39 is 11.9 Å². The number of nitrogens with one attached hydrogen (secondary N) is 3. The average Bonchev–Trinajstić information content (AvgIpc) is 2.61. The van der Waals surface area contributed by atoms with Gasteiger partial charge in [0.05, 0.1) is 24.4 Å². The Kier molecular flexibility index (Phi) is 6.59. The molecule has 0 spiro atoms. The summed E-state index contributed by atoms with van der Waals surface area (Å²) in [6, 6.07) is 10.1. The van der Waals surface area contributed by atoms with E-state index >= 15 is 0 Å². The molecule has 0 unspecified atom stereocenters. The molecule has 2 aromatic rings. The Balaban J connectivity index is 1.75. The van der Waals surface area contributed by atoms with Crippen molar-refractivity contribution >= 4 is 29.2 Å². The quantitative estimate of drug-likeness (QED) is 0.736. The van der Waals surface area contributed by atoms with Crippen LogP contribution >= 0.6 is 11.6 Å². The van der Waals surface area contributed by atoms with Crippen molar-refractivity contribution in [2.24, 2.45) is 0 Å². The van der Waals surface area contributed by atoms with Gasteiger partial charge in [-0.15, -0.1) is 0 Å². The minimum Gasteiger partial charge on any atom is -0.497 e. The number of carbonyl (C=O) groups is 2. The molecule has 132 valence electrons. The summed E-state index contributed by atoms with van der Waals surface area (Å²) in [6.07, 6.45) is 0. The first kappa shape index (κ1) is 18.5. The van der Waals surface area contributed by atoms with Crippen molar-refractivity contribution in [3.05, 3.63) is 58.9 Å². The number of ether oxygens (including phenoxy) is 1. The van der Waals surface area contributed by atoms with Crippen LogP contribution < -0.4 is 20.7 Å². The maximum absolute atomic E-state index is 12.8. The first-order chi connectivity index (χ1) is 12.0. The van der Waals surface area contributed by atoms with E-state index in [1.54, 1.807) is 30.3 Å². The van der Waals surface area contributed by atoms with Gasteiger partial charge < -0.3 is 20.7 Å². The molecule has 8 heteroatoms. The zero-order valence-electron chi connectivity index (χ0n) is 13.4. The van der Waals surface area contributed by atoms with Gasteiger partial charge in [0.2, 0.25) is 5.91 Å². The number of halogens is 2. The Morgan fingerprint density at radius 2 is 1.84 bits per heavy atom. The Morgan fingerprint density at radius 1 is 1.12 bits per heavy atom. The lowest BCUT2D eigenvalue weighted by atomic mass is 10.2. The molecular weight excluding hydrogens is 349 g/mol. The Labute approximate surface area is 149 Å². The Bertz CT molecular complexity index is 753. The summed E-state index contributed by atoms with van der Waals surface area (Å²) in [5.41, 5.74) is 1.16. The fourth-order valence-corrected chi connectivity index (χ4v) is 2.14. The number of hydrogen-bond acceptors (Lipinski definition) is 3. The predicted molar refractivity (Wildman–Crippen MR) is 93.3 cm³/mol. The van der Waals surface area contributed by atoms with Gasteiger partial charge in [-0.2, -0.15) is 0 Å². The van der Waals surface area contributed by atoms with Gasteiger partial charge in [0, 0.05) is 12.6 Å². The Hall–Kier alpha value is -2.80. The second-order valence-corrected chi connectivity index (χ2v) is 5.46. The van der Waals surface area contributed by atoms with Crippen molar-refractivity contribution in [3.63, 3.8) is 0 Å². The highest BCUT2D eigenvalue weighted by atomic mass is 35.5. The minimum atomic E-state index is -0.514. The predicted octanol–water partition coefficient (Wildman–Crippen LogP) is 2.93. The summed E-state index contributed by atoms with van der Waals surface area (Å²) < 4.78 is 17.8. The number of carbonyl (C=O) groups excluding carboxylic acids is 2. The van der Waals surface area contributed by atoms with Crippen molar-refractivity contribution in [1.82, 2.24) is 10.6 Å². The Morgan fingerprint density at radius 3 is 2.48 bits per heavy atom. The molecular formula is C17H17ClFN3O3. The van der Waals surface area contributed by atoms with E-state index in [1.165, 1.54) is 19.2 Å². The van der Waals surface area contributed by atoms with Gasteiger partial charge in [0.15, 0.2) is 0 Å². The van der Waals surface area contributed by atoms with Crippen LogP contribution in [0.25, 0.3) is 0 Å². The summed E-state index contributed by atoms with van der Waals surface area (Å²) in [6.45, 7) is -0.00432. The maximum Gasteiger partial charge on any atom is 0.315 e. The molecule has 6 nitrogen and oxygen atoms in total. The summed E-state index contributed by atoms with van der Waals surface area (Å²) in [5, 5.41) is 7.90. The molecule has 0 aliphatic carbocycles. The molecule has 0 fully saturated rings. The number of hydrogen-bond donors (Lipinski definition) is 3. The molecule has 0 aliphatic heterocycles. The standard InChI is InChI=1S/C17H17ClFN3O3/c1-25-13-6-7-15(14(18)8-13)22-16(23)10-21-17(24)20-9-11-2-4-12(19)5-3-11/h2-8H,9-10H2,1H3,(H,22,23)(H2,20,21,24). The minimum absolute atomic E-state index is 0.220. The molecule has 0 heterocycles. The number of amides is 3. The summed E-state index contributed by atoms with van der Waals surface area (Å²) in [7, 11) is 1.51. The fraction of sp³-hybridized carbons (Fsp3) is 0.176. The first-order valence-electron chi connectivity index (χ1n) is 7.37. The molecule has 0 aliphatic rings. The largest absolute Gasteiger partial charge is 0.497 e. The number of methoxy groups -OCH3 is 1. The van der Waals surface area contributed by atoms with E-state index in [4.69, 9.17) is 16.3 Å². The van der Waals surface area contributed by atoms with Gasteiger partial charge in [-0.3, -0.25) is 4.79 Å². The molecule has 2 aromatic carbocycles. The molecule has 0 saturated carbocycles. The van der Waals surface area contributed by atoms with Crippen molar-refractivity contribution in [1.29, 1.82) is 0 Å². The molecule has 2 rings (SSSR count). The number of anilines is 1. The normalized spacial score (nSPS) is 10.0. The SMILES string of the molecule is COc1ccc(NC(=O)CNC(=O)NCc2ccc(F)cc2)c(Cl)c1. The maximum atomic E-state index is 12.8. The van der Waals surface area contributed by atoms with Gasteiger partial charge in [0.25, 0.3) is 0 Å². The highest BCUT2D eigenvalue weighted by molar-refractivity contribution is 6.33. The number of rotatable bonds is 6. The average molecular weight is 366 g/mol. The molecule has 3 amide bonds. The molecule has 3 N–H and O–H groups in total. The lowest BCUT2D eigenvalue weighted by molar-refractivity contribution is -0.115. The summed E-state index contributed by atoms with van der Waals surface area (Å²) in [5.74, 6) is -0.202. The zero-order chi connectivity index (χ0) is 18.2. The lowest BCUT2D eigenvalue weighted by Gasteiger charge is -2.10. The highest BCUT2D eigenvalue weighted by Gasteiger charge is 2.08. The fourth-order valence-electron chi connectivity index (χ4n) is 1.93.